The molecule has 1 N–H and O–H groups in total. The van der Waals surface area contributed by atoms with E-state index in [1.54, 1.807) is 0 Å². The number of hydrogen-bond donors (Lipinski definition) is 1. The Hall–Kier alpha value is -0.0800. The molecular weight excluding hydrogens is 174 g/mol. The molecule has 0 aromatic heterocycles. The van der Waals surface area contributed by atoms with Gasteiger partial charge in [-0.2, -0.15) is 0 Å². The standard InChI is InChI=1S/C12H27NO/c1-3-5-7-9-13(11-12-14)10-8-6-4-2/h14H,3-12H2,1-2H3. The lowest BCUT2D eigenvalue weighted by atomic mass is 10.2. The van der Waals surface area contributed by atoms with Crippen molar-refractivity contribution < 1.29 is 5.11 Å². The van der Waals surface area contributed by atoms with E-state index in [9.17, 15) is 0 Å². The molecule has 0 aliphatic heterocycles. The van der Waals surface area contributed by atoms with E-state index in [0.717, 1.165) is 19.6 Å². The monoisotopic (exact) mass is 201 g/mol. The summed E-state index contributed by atoms with van der Waals surface area (Å²) in [5, 5.41) is 8.91. The van der Waals surface area contributed by atoms with Crippen molar-refractivity contribution in [2.75, 3.05) is 26.2 Å². The number of aliphatic hydroxyl groups is 1. The molecule has 0 fully saturated rings. The van der Waals surface area contributed by atoms with Crippen LogP contribution < -0.4 is 0 Å². The third kappa shape index (κ3) is 8.52. The van der Waals surface area contributed by atoms with Crippen molar-refractivity contribution in [3.8, 4) is 0 Å². The lowest BCUT2D eigenvalue weighted by Gasteiger charge is -2.20. The van der Waals surface area contributed by atoms with Gasteiger partial charge in [0.2, 0.25) is 0 Å². The zero-order chi connectivity index (χ0) is 10.6. The van der Waals surface area contributed by atoms with Crippen LogP contribution in [0.3, 0.4) is 0 Å². The van der Waals surface area contributed by atoms with E-state index in [1.807, 2.05) is 0 Å². The maximum absolute atomic E-state index is 8.91. The molecule has 0 aliphatic rings. The topological polar surface area (TPSA) is 23.5 Å². The van der Waals surface area contributed by atoms with E-state index < -0.39 is 0 Å². The highest BCUT2D eigenvalue weighted by Crippen LogP contribution is 2.01. The van der Waals surface area contributed by atoms with Gasteiger partial charge in [0.15, 0.2) is 0 Å². The van der Waals surface area contributed by atoms with Gasteiger partial charge in [0.1, 0.15) is 0 Å². The molecule has 0 aromatic carbocycles. The highest BCUT2D eigenvalue weighted by atomic mass is 16.3. The summed E-state index contributed by atoms with van der Waals surface area (Å²) < 4.78 is 0. The van der Waals surface area contributed by atoms with Crippen molar-refractivity contribution in [1.29, 1.82) is 0 Å². The first-order valence-corrected chi connectivity index (χ1v) is 6.18. The second-order valence-electron chi connectivity index (χ2n) is 3.98. The van der Waals surface area contributed by atoms with Gasteiger partial charge >= 0.3 is 0 Å². The fourth-order valence-electron chi connectivity index (χ4n) is 1.65. The maximum atomic E-state index is 8.91. The first kappa shape index (κ1) is 13.9. The summed E-state index contributed by atoms with van der Waals surface area (Å²) in [6.45, 7) is 7.95. The minimum atomic E-state index is 0.304. The highest BCUT2D eigenvalue weighted by molar-refractivity contribution is 4.57. The van der Waals surface area contributed by atoms with E-state index in [4.69, 9.17) is 5.11 Å². The first-order chi connectivity index (χ1) is 6.85. The molecule has 0 atom stereocenters. The van der Waals surface area contributed by atoms with Gasteiger partial charge in [-0.15, -0.1) is 0 Å². The zero-order valence-electron chi connectivity index (χ0n) is 9.97. The Labute approximate surface area is 89.3 Å². The van der Waals surface area contributed by atoms with E-state index in [0.29, 0.717) is 6.61 Å². The third-order valence-electron chi connectivity index (χ3n) is 2.57. The summed E-state index contributed by atoms with van der Waals surface area (Å²) in [5.41, 5.74) is 0. The van der Waals surface area contributed by atoms with Crippen LogP contribution in [0.15, 0.2) is 0 Å². The number of rotatable bonds is 10. The molecule has 0 rings (SSSR count). The Kier molecular flexibility index (Phi) is 10.9. The molecule has 86 valence electrons. The molecule has 0 unspecified atom stereocenters. The predicted octanol–water partition coefficient (Wildman–Crippen LogP) is 2.66. The van der Waals surface area contributed by atoms with Gasteiger partial charge in [-0.05, 0) is 25.9 Å². The van der Waals surface area contributed by atoms with Crippen molar-refractivity contribution >= 4 is 0 Å². The van der Waals surface area contributed by atoms with Crippen molar-refractivity contribution in [2.24, 2.45) is 0 Å². The fourth-order valence-corrected chi connectivity index (χ4v) is 1.65. The normalized spacial score (nSPS) is 11.1. The first-order valence-electron chi connectivity index (χ1n) is 6.18. The Morgan fingerprint density at radius 1 is 0.786 bits per heavy atom. The Morgan fingerprint density at radius 3 is 1.64 bits per heavy atom. The average Bonchev–Trinajstić information content (AvgIpc) is 2.18. The molecule has 0 bridgehead atoms. The van der Waals surface area contributed by atoms with Gasteiger partial charge in [0.25, 0.3) is 0 Å². The molecule has 2 heteroatoms. The average molecular weight is 201 g/mol. The summed E-state index contributed by atoms with van der Waals surface area (Å²) in [6, 6.07) is 0. The van der Waals surface area contributed by atoms with Crippen LogP contribution in [0.25, 0.3) is 0 Å². The van der Waals surface area contributed by atoms with E-state index in [1.165, 1.54) is 38.5 Å². The van der Waals surface area contributed by atoms with Crippen LogP contribution in [-0.2, 0) is 0 Å². The largest absolute Gasteiger partial charge is 0.395 e. The quantitative estimate of drug-likeness (QED) is 0.549. The second-order valence-corrected chi connectivity index (χ2v) is 3.98. The summed E-state index contributed by atoms with van der Waals surface area (Å²) in [6.07, 6.45) is 7.75. The number of aliphatic hydroxyl groups excluding tert-OH is 1. The van der Waals surface area contributed by atoms with Gasteiger partial charge in [-0.3, -0.25) is 0 Å². The minimum Gasteiger partial charge on any atom is -0.395 e. The molecule has 0 amide bonds. The number of unbranched alkanes of at least 4 members (excludes halogenated alkanes) is 4. The third-order valence-corrected chi connectivity index (χ3v) is 2.57. The lowest BCUT2D eigenvalue weighted by Crippen LogP contribution is -2.29. The van der Waals surface area contributed by atoms with Crippen LogP contribution in [0.1, 0.15) is 52.4 Å². The van der Waals surface area contributed by atoms with E-state index >= 15 is 0 Å². The summed E-state index contributed by atoms with van der Waals surface area (Å²) >= 11 is 0. The van der Waals surface area contributed by atoms with Crippen LogP contribution in [0, 0.1) is 0 Å². The van der Waals surface area contributed by atoms with Crippen LogP contribution in [0.5, 0.6) is 0 Å². The Bertz CT molecular complexity index is 96.5. The number of nitrogens with zero attached hydrogens (tertiary/aromatic N) is 1. The van der Waals surface area contributed by atoms with Crippen molar-refractivity contribution in [3.05, 3.63) is 0 Å². The van der Waals surface area contributed by atoms with Crippen molar-refractivity contribution in [1.82, 2.24) is 4.90 Å². The van der Waals surface area contributed by atoms with Gasteiger partial charge in [0, 0.05) is 6.54 Å². The molecule has 0 saturated heterocycles. The van der Waals surface area contributed by atoms with E-state index in [2.05, 4.69) is 18.7 Å². The van der Waals surface area contributed by atoms with Crippen LogP contribution in [-0.4, -0.2) is 36.2 Å². The van der Waals surface area contributed by atoms with Gasteiger partial charge < -0.3 is 10.0 Å². The van der Waals surface area contributed by atoms with Crippen molar-refractivity contribution in [3.63, 3.8) is 0 Å². The lowest BCUT2D eigenvalue weighted by molar-refractivity contribution is 0.191. The van der Waals surface area contributed by atoms with Crippen LogP contribution >= 0.6 is 0 Å². The van der Waals surface area contributed by atoms with E-state index in [-0.39, 0.29) is 0 Å². The molecule has 0 spiro atoms. The molecule has 0 aromatic rings. The molecule has 0 aliphatic carbocycles. The predicted molar refractivity (Wildman–Crippen MR) is 62.6 cm³/mol. The SMILES string of the molecule is CCCCCN(CCO)CCCCC. The Morgan fingerprint density at radius 2 is 1.29 bits per heavy atom. The maximum Gasteiger partial charge on any atom is 0.0558 e. The number of hydrogen-bond acceptors (Lipinski definition) is 2. The molecule has 0 radical (unpaired) electrons. The minimum absolute atomic E-state index is 0.304. The Balaban J connectivity index is 3.44. The zero-order valence-corrected chi connectivity index (χ0v) is 9.97. The molecule has 0 heterocycles. The van der Waals surface area contributed by atoms with Gasteiger partial charge in [-0.1, -0.05) is 39.5 Å². The smallest absolute Gasteiger partial charge is 0.0558 e. The van der Waals surface area contributed by atoms with Crippen molar-refractivity contribution in [2.45, 2.75) is 52.4 Å². The molecule has 0 saturated carbocycles. The van der Waals surface area contributed by atoms with Crippen LogP contribution in [0.4, 0.5) is 0 Å². The summed E-state index contributed by atoms with van der Waals surface area (Å²) in [7, 11) is 0. The molecule has 2 nitrogen and oxygen atoms in total. The van der Waals surface area contributed by atoms with Crippen LogP contribution in [0.2, 0.25) is 0 Å². The summed E-state index contributed by atoms with van der Waals surface area (Å²) in [5.74, 6) is 0. The van der Waals surface area contributed by atoms with Gasteiger partial charge in [-0.25, -0.2) is 0 Å². The fraction of sp³-hybridized carbons (Fsp3) is 1.00. The highest BCUT2D eigenvalue weighted by Gasteiger charge is 2.02. The second kappa shape index (κ2) is 11.0. The summed E-state index contributed by atoms with van der Waals surface area (Å²) in [4.78, 5) is 2.39. The molecular formula is C12H27NO. The van der Waals surface area contributed by atoms with Gasteiger partial charge in [0.05, 0.1) is 6.61 Å². The molecule has 14 heavy (non-hydrogen) atoms.